The summed E-state index contributed by atoms with van der Waals surface area (Å²) in [5, 5.41) is 3.63. The molecule has 1 aliphatic rings. The average molecular weight is 205 g/mol. The fraction of sp³-hybridized carbons (Fsp3) is 0.538. The Hall–Kier alpha value is -0.860. The van der Waals surface area contributed by atoms with Gasteiger partial charge < -0.3 is 10.1 Å². The van der Waals surface area contributed by atoms with Gasteiger partial charge in [-0.05, 0) is 25.3 Å². The summed E-state index contributed by atoms with van der Waals surface area (Å²) in [6.45, 7) is 5.02. The third kappa shape index (κ3) is 3.05. The van der Waals surface area contributed by atoms with Gasteiger partial charge in [0, 0.05) is 25.3 Å². The minimum Gasteiger partial charge on any atom is -0.381 e. The molecule has 0 spiro atoms. The highest BCUT2D eigenvalue weighted by Gasteiger charge is 2.26. The van der Waals surface area contributed by atoms with Gasteiger partial charge >= 0.3 is 0 Å². The minimum atomic E-state index is 0.258. The highest BCUT2D eigenvalue weighted by molar-refractivity contribution is 5.14. The van der Waals surface area contributed by atoms with Gasteiger partial charge in [-0.1, -0.05) is 30.3 Å². The lowest BCUT2D eigenvalue weighted by molar-refractivity contribution is 0.0446. The fourth-order valence-corrected chi connectivity index (χ4v) is 1.91. The molecular formula is C13H19NO. The summed E-state index contributed by atoms with van der Waals surface area (Å²) >= 11 is 0. The van der Waals surface area contributed by atoms with Crippen molar-refractivity contribution in [1.82, 2.24) is 5.32 Å². The van der Waals surface area contributed by atoms with Gasteiger partial charge in [0.05, 0.1) is 0 Å². The van der Waals surface area contributed by atoms with E-state index >= 15 is 0 Å². The molecule has 1 fully saturated rings. The van der Waals surface area contributed by atoms with Crippen LogP contribution in [0.15, 0.2) is 30.3 Å². The topological polar surface area (TPSA) is 21.3 Å². The van der Waals surface area contributed by atoms with E-state index in [0.717, 1.165) is 32.6 Å². The summed E-state index contributed by atoms with van der Waals surface area (Å²) in [5.41, 5.74) is 1.61. The van der Waals surface area contributed by atoms with Gasteiger partial charge in [-0.15, -0.1) is 0 Å². The number of hydrogen-bond acceptors (Lipinski definition) is 2. The lowest BCUT2D eigenvalue weighted by Crippen LogP contribution is -2.46. The molecule has 2 rings (SSSR count). The number of rotatable bonds is 3. The van der Waals surface area contributed by atoms with E-state index in [4.69, 9.17) is 4.74 Å². The maximum atomic E-state index is 5.38. The molecule has 1 heterocycles. The number of nitrogens with one attached hydrogen (secondary N) is 1. The average Bonchev–Trinajstić information content (AvgIpc) is 2.29. The molecule has 1 aromatic carbocycles. The second kappa shape index (κ2) is 4.77. The van der Waals surface area contributed by atoms with Crippen molar-refractivity contribution < 1.29 is 4.74 Å². The predicted molar refractivity (Wildman–Crippen MR) is 61.7 cm³/mol. The van der Waals surface area contributed by atoms with Crippen LogP contribution in [0.2, 0.25) is 0 Å². The van der Waals surface area contributed by atoms with Crippen LogP contribution in [0.25, 0.3) is 0 Å². The van der Waals surface area contributed by atoms with Crippen molar-refractivity contribution in [2.24, 2.45) is 0 Å². The van der Waals surface area contributed by atoms with Crippen LogP contribution in [-0.4, -0.2) is 18.8 Å². The van der Waals surface area contributed by atoms with Crippen LogP contribution in [0.3, 0.4) is 0 Å². The monoisotopic (exact) mass is 205 g/mol. The SMILES string of the molecule is CC1(NCc2ccccc2)CCOCC1. The largest absolute Gasteiger partial charge is 0.381 e. The zero-order valence-corrected chi connectivity index (χ0v) is 9.33. The molecule has 15 heavy (non-hydrogen) atoms. The summed E-state index contributed by atoms with van der Waals surface area (Å²) in [5.74, 6) is 0. The lowest BCUT2D eigenvalue weighted by atomic mass is 9.92. The molecule has 0 saturated carbocycles. The first-order valence-electron chi connectivity index (χ1n) is 5.65. The Bertz CT molecular complexity index is 291. The maximum absolute atomic E-state index is 5.38. The van der Waals surface area contributed by atoms with E-state index in [9.17, 15) is 0 Å². The Balaban J connectivity index is 1.87. The Labute approximate surface area is 91.6 Å². The highest BCUT2D eigenvalue weighted by Crippen LogP contribution is 2.20. The lowest BCUT2D eigenvalue weighted by Gasteiger charge is -2.34. The van der Waals surface area contributed by atoms with E-state index < -0.39 is 0 Å². The van der Waals surface area contributed by atoms with Crippen molar-refractivity contribution in [3.63, 3.8) is 0 Å². The zero-order valence-electron chi connectivity index (χ0n) is 9.33. The van der Waals surface area contributed by atoms with Crippen molar-refractivity contribution in [2.45, 2.75) is 31.8 Å². The molecule has 0 aromatic heterocycles. The molecule has 1 N–H and O–H groups in total. The minimum absolute atomic E-state index is 0.258. The van der Waals surface area contributed by atoms with Crippen molar-refractivity contribution in [2.75, 3.05) is 13.2 Å². The normalized spacial score (nSPS) is 20.1. The van der Waals surface area contributed by atoms with Crippen LogP contribution in [-0.2, 0) is 11.3 Å². The molecule has 0 bridgehead atoms. The standard InChI is InChI=1S/C13H19NO/c1-13(7-9-15-10-8-13)14-11-12-5-3-2-4-6-12/h2-6,14H,7-11H2,1H3. The van der Waals surface area contributed by atoms with Gasteiger partial charge in [-0.25, -0.2) is 0 Å². The molecule has 1 aromatic rings. The molecule has 0 unspecified atom stereocenters. The predicted octanol–water partition coefficient (Wildman–Crippen LogP) is 2.35. The second-order valence-electron chi connectivity index (χ2n) is 4.51. The molecular weight excluding hydrogens is 186 g/mol. The smallest absolute Gasteiger partial charge is 0.0483 e. The summed E-state index contributed by atoms with van der Waals surface area (Å²) < 4.78 is 5.38. The first kappa shape index (κ1) is 10.7. The third-order valence-corrected chi connectivity index (χ3v) is 3.16. The Morgan fingerprint density at radius 3 is 2.53 bits per heavy atom. The second-order valence-corrected chi connectivity index (χ2v) is 4.51. The van der Waals surface area contributed by atoms with E-state index in [1.54, 1.807) is 0 Å². The van der Waals surface area contributed by atoms with Crippen LogP contribution < -0.4 is 5.32 Å². The molecule has 0 atom stereocenters. The Morgan fingerprint density at radius 2 is 1.87 bits per heavy atom. The van der Waals surface area contributed by atoms with Crippen molar-refractivity contribution in [3.8, 4) is 0 Å². The molecule has 2 heteroatoms. The quantitative estimate of drug-likeness (QED) is 0.818. The van der Waals surface area contributed by atoms with E-state index in [-0.39, 0.29) is 5.54 Å². The number of hydrogen-bond donors (Lipinski definition) is 1. The van der Waals surface area contributed by atoms with Gasteiger partial charge in [-0.2, -0.15) is 0 Å². The van der Waals surface area contributed by atoms with E-state index in [1.807, 2.05) is 0 Å². The van der Waals surface area contributed by atoms with Gasteiger partial charge in [-0.3, -0.25) is 0 Å². The molecule has 0 radical (unpaired) electrons. The number of ether oxygens (including phenoxy) is 1. The molecule has 2 nitrogen and oxygen atoms in total. The molecule has 82 valence electrons. The van der Waals surface area contributed by atoms with Gasteiger partial charge in [0.25, 0.3) is 0 Å². The van der Waals surface area contributed by atoms with E-state index in [2.05, 4.69) is 42.6 Å². The van der Waals surface area contributed by atoms with Crippen molar-refractivity contribution in [3.05, 3.63) is 35.9 Å². The first-order chi connectivity index (χ1) is 7.29. The highest BCUT2D eigenvalue weighted by atomic mass is 16.5. The third-order valence-electron chi connectivity index (χ3n) is 3.16. The summed E-state index contributed by atoms with van der Waals surface area (Å²) in [4.78, 5) is 0. The zero-order chi connectivity index (χ0) is 10.6. The van der Waals surface area contributed by atoms with Crippen molar-refractivity contribution in [1.29, 1.82) is 0 Å². The van der Waals surface area contributed by atoms with Crippen molar-refractivity contribution >= 4 is 0 Å². The van der Waals surface area contributed by atoms with E-state index in [0.29, 0.717) is 0 Å². The molecule has 0 aliphatic carbocycles. The number of benzene rings is 1. The summed E-state index contributed by atoms with van der Waals surface area (Å²) in [7, 11) is 0. The van der Waals surface area contributed by atoms with Gasteiger partial charge in [0.1, 0.15) is 0 Å². The fourth-order valence-electron chi connectivity index (χ4n) is 1.91. The summed E-state index contributed by atoms with van der Waals surface area (Å²) in [6.07, 6.45) is 2.22. The Kier molecular flexibility index (Phi) is 3.39. The first-order valence-corrected chi connectivity index (χ1v) is 5.65. The van der Waals surface area contributed by atoms with Crippen LogP contribution in [0.1, 0.15) is 25.3 Å². The van der Waals surface area contributed by atoms with E-state index in [1.165, 1.54) is 5.56 Å². The van der Waals surface area contributed by atoms with Crippen LogP contribution in [0, 0.1) is 0 Å². The Morgan fingerprint density at radius 1 is 1.20 bits per heavy atom. The van der Waals surface area contributed by atoms with Crippen LogP contribution >= 0.6 is 0 Å². The van der Waals surface area contributed by atoms with Crippen LogP contribution in [0.5, 0.6) is 0 Å². The van der Waals surface area contributed by atoms with Gasteiger partial charge in [0.15, 0.2) is 0 Å². The van der Waals surface area contributed by atoms with Crippen LogP contribution in [0.4, 0.5) is 0 Å². The molecule has 0 amide bonds. The molecule has 1 aliphatic heterocycles. The molecule has 1 saturated heterocycles. The van der Waals surface area contributed by atoms with Gasteiger partial charge in [0.2, 0.25) is 0 Å². The maximum Gasteiger partial charge on any atom is 0.0483 e. The summed E-state index contributed by atoms with van der Waals surface area (Å²) in [6, 6.07) is 10.6.